The van der Waals surface area contributed by atoms with Crippen molar-refractivity contribution < 1.29 is 4.74 Å². The average Bonchev–Trinajstić information content (AvgIpc) is 2.34. The third-order valence-electron chi connectivity index (χ3n) is 0.957. The van der Waals surface area contributed by atoms with Gasteiger partial charge < -0.3 is 10.1 Å². The van der Waals surface area contributed by atoms with Crippen molar-refractivity contribution in [3.8, 4) is 0 Å². The van der Waals surface area contributed by atoms with Gasteiger partial charge in [0.1, 0.15) is 0 Å². The van der Waals surface area contributed by atoms with Crippen molar-refractivity contribution in [1.82, 2.24) is 5.32 Å². The summed E-state index contributed by atoms with van der Waals surface area (Å²) in [6, 6.07) is 0. The van der Waals surface area contributed by atoms with E-state index >= 15 is 0 Å². The first-order valence-electron chi connectivity index (χ1n) is 2.83. The molecule has 9 heavy (non-hydrogen) atoms. The predicted molar refractivity (Wildman–Crippen MR) is 39.8 cm³/mol. The molecule has 0 saturated carbocycles. The van der Waals surface area contributed by atoms with Gasteiger partial charge in [-0.25, -0.2) is 0 Å². The smallest absolute Gasteiger partial charge is 0.158 e. The van der Waals surface area contributed by atoms with Crippen LogP contribution in [0.3, 0.4) is 0 Å². The Morgan fingerprint density at radius 1 is 1.89 bits per heavy atom. The van der Waals surface area contributed by atoms with Crippen molar-refractivity contribution in [2.45, 2.75) is 0 Å². The third kappa shape index (κ3) is 2.24. The van der Waals surface area contributed by atoms with Crippen molar-refractivity contribution in [1.29, 1.82) is 0 Å². The lowest BCUT2D eigenvalue weighted by Gasteiger charge is -1.97. The molecular weight excluding hydrogens is 136 g/mol. The van der Waals surface area contributed by atoms with Crippen molar-refractivity contribution in [2.24, 2.45) is 4.99 Å². The molecule has 4 heteroatoms. The molecule has 0 saturated heterocycles. The van der Waals surface area contributed by atoms with E-state index in [0.717, 1.165) is 18.3 Å². The van der Waals surface area contributed by atoms with Gasteiger partial charge in [0.05, 0.1) is 12.5 Å². The first kappa shape index (κ1) is 6.89. The van der Waals surface area contributed by atoms with Crippen molar-refractivity contribution in [2.75, 3.05) is 26.1 Å². The lowest BCUT2D eigenvalue weighted by atomic mass is 10.7. The Kier molecular flexibility index (Phi) is 2.86. The minimum absolute atomic E-state index is 0.686. The number of amidine groups is 1. The number of ether oxygens (including phenoxy) is 1. The van der Waals surface area contributed by atoms with Gasteiger partial charge in [-0.2, -0.15) is 0 Å². The second-order valence-corrected chi connectivity index (χ2v) is 2.58. The van der Waals surface area contributed by atoms with Gasteiger partial charge in [0.15, 0.2) is 5.17 Å². The fourth-order valence-corrected chi connectivity index (χ4v) is 1.20. The Labute approximate surface area is 58.9 Å². The Balaban J connectivity index is 2.11. The van der Waals surface area contributed by atoms with Crippen LogP contribution in [0.1, 0.15) is 0 Å². The standard InChI is InChI=1S/C5H10N2OS/c1-8-4-9-5-6-2-3-7-5/h2-4H2,1H3,(H,6,7). The predicted octanol–water partition coefficient (Wildman–Crippen LogP) is 0.283. The normalized spacial score (nSPS) is 17.2. The molecule has 3 nitrogen and oxygen atoms in total. The van der Waals surface area contributed by atoms with E-state index in [1.54, 1.807) is 18.9 Å². The van der Waals surface area contributed by atoms with Gasteiger partial charge in [-0.3, -0.25) is 4.99 Å². The Morgan fingerprint density at radius 3 is 3.33 bits per heavy atom. The molecule has 0 aromatic carbocycles. The van der Waals surface area contributed by atoms with Crippen LogP contribution in [0.25, 0.3) is 0 Å². The van der Waals surface area contributed by atoms with Crippen LogP contribution in [0.15, 0.2) is 4.99 Å². The molecule has 0 radical (unpaired) electrons. The van der Waals surface area contributed by atoms with Crippen LogP contribution in [0.5, 0.6) is 0 Å². The number of nitrogens with zero attached hydrogens (tertiary/aromatic N) is 1. The van der Waals surface area contributed by atoms with E-state index in [2.05, 4.69) is 10.3 Å². The van der Waals surface area contributed by atoms with Gasteiger partial charge in [0.25, 0.3) is 0 Å². The largest absolute Gasteiger partial charge is 0.374 e. The van der Waals surface area contributed by atoms with Gasteiger partial charge in [0, 0.05) is 13.7 Å². The zero-order chi connectivity index (χ0) is 6.53. The molecule has 1 N–H and O–H groups in total. The second-order valence-electron chi connectivity index (χ2n) is 1.66. The number of aliphatic imine (C=N–C) groups is 1. The van der Waals surface area contributed by atoms with Gasteiger partial charge in [-0.1, -0.05) is 11.8 Å². The summed E-state index contributed by atoms with van der Waals surface area (Å²) < 4.78 is 4.85. The molecule has 0 aromatic heterocycles. The summed E-state index contributed by atoms with van der Waals surface area (Å²) in [5, 5.41) is 4.14. The van der Waals surface area contributed by atoms with E-state index in [1.807, 2.05) is 0 Å². The van der Waals surface area contributed by atoms with E-state index in [4.69, 9.17) is 4.74 Å². The van der Waals surface area contributed by atoms with Gasteiger partial charge in [-0.05, 0) is 0 Å². The Bertz CT molecular complexity index is 116. The molecular formula is C5H10N2OS. The van der Waals surface area contributed by atoms with Crippen molar-refractivity contribution in [3.63, 3.8) is 0 Å². The molecule has 0 fully saturated rings. The molecule has 0 amide bonds. The van der Waals surface area contributed by atoms with E-state index < -0.39 is 0 Å². The number of rotatable bonds is 2. The minimum Gasteiger partial charge on any atom is -0.374 e. The SMILES string of the molecule is COCSC1=NCCN1. The molecule has 1 heterocycles. The molecule has 1 aliphatic rings. The number of nitrogens with one attached hydrogen (secondary N) is 1. The van der Waals surface area contributed by atoms with Crippen LogP contribution in [-0.2, 0) is 4.74 Å². The van der Waals surface area contributed by atoms with Crippen molar-refractivity contribution >= 4 is 16.9 Å². The van der Waals surface area contributed by atoms with Gasteiger partial charge >= 0.3 is 0 Å². The lowest BCUT2D eigenvalue weighted by molar-refractivity contribution is 0.259. The number of methoxy groups -OCH3 is 1. The molecule has 0 aliphatic carbocycles. The summed E-state index contributed by atoms with van der Waals surface area (Å²) in [6.07, 6.45) is 0. The summed E-state index contributed by atoms with van der Waals surface area (Å²) in [5.41, 5.74) is 0. The summed E-state index contributed by atoms with van der Waals surface area (Å²) in [4.78, 5) is 4.16. The first-order valence-corrected chi connectivity index (χ1v) is 3.82. The van der Waals surface area contributed by atoms with Crippen LogP contribution in [0, 0.1) is 0 Å². The summed E-state index contributed by atoms with van der Waals surface area (Å²) in [7, 11) is 1.68. The Morgan fingerprint density at radius 2 is 2.78 bits per heavy atom. The molecule has 1 aliphatic heterocycles. The molecule has 0 aromatic rings. The highest BCUT2D eigenvalue weighted by atomic mass is 32.2. The molecule has 0 atom stereocenters. The van der Waals surface area contributed by atoms with E-state index in [0.29, 0.717) is 5.94 Å². The zero-order valence-corrected chi connectivity index (χ0v) is 6.20. The minimum atomic E-state index is 0.686. The molecule has 1 rings (SSSR count). The van der Waals surface area contributed by atoms with E-state index in [1.165, 1.54) is 0 Å². The van der Waals surface area contributed by atoms with E-state index in [9.17, 15) is 0 Å². The monoisotopic (exact) mass is 146 g/mol. The molecule has 52 valence electrons. The van der Waals surface area contributed by atoms with Crippen LogP contribution in [0.2, 0.25) is 0 Å². The van der Waals surface area contributed by atoms with Crippen LogP contribution >= 0.6 is 11.8 Å². The fourth-order valence-electron chi connectivity index (χ4n) is 0.588. The van der Waals surface area contributed by atoms with Crippen molar-refractivity contribution in [3.05, 3.63) is 0 Å². The average molecular weight is 146 g/mol. The summed E-state index contributed by atoms with van der Waals surface area (Å²) >= 11 is 1.60. The second kappa shape index (κ2) is 3.74. The Hall–Kier alpha value is -0.220. The third-order valence-corrected chi connectivity index (χ3v) is 1.86. The zero-order valence-electron chi connectivity index (χ0n) is 5.39. The molecule has 0 unspecified atom stereocenters. The highest BCUT2D eigenvalue weighted by Crippen LogP contribution is 2.03. The summed E-state index contributed by atoms with van der Waals surface area (Å²) in [5.74, 6) is 0.686. The number of thioether (sulfide) groups is 1. The molecule has 0 bridgehead atoms. The number of hydrogen-bond donors (Lipinski definition) is 1. The first-order chi connectivity index (χ1) is 4.43. The maximum atomic E-state index is 4.85. The summed E-state index contributed by atoms with van der Waals surface area (Å²) in [6.45, 7) is 1.89. The maximum absolute atomic E-state index is 4.85. The van der Waals surface area contributed by atoms with Crippen LogP contribution in [-0.4, -0.2) is 31.3 Å². The molecule has 0 spiro atoms. The topological polar surface area (TPSA) is 33.6 Å². The fraction of sp³-hybridized carbons (Fsp3) is 0.800. The van der Waals surface area contributed by atoms with Gasteiger partial charge in [0.2, 0.25) is 0 Å². The van der Waals surface area contributed by atoms with Crippen LogP contribution < -0.4 is 5.32 Å². The highest BCUT2D eigenvalue weighted by molar-refractivity contribution is 8.13. The van der Waals surface area contributed by atoms with Gasteiger partial charge in [-0.15, -0.1) is 0 Å². The number of hydrogen-bond acceptors (Lipinski definition) is 4. The quantitative estimate of drug-likeness (QED) is 0.568. The maximum Gasteiger partial charge on any atom is 0.158 e. The highest BCUT2D eigenvalue weighted by Gasteiger charge is 2.03. The van der Waals surface area contributed by atoms with E-state index in [-0.39, 0.29) is 0 Å². The van der Waals surface area contributed by atoms with Crippen LogP contribution in [0.4, 0.5) is 0 Å². The lowest BCUT2D eigenvalue weighted by Crippen LogP contribution is -2.15.